The topological polar surface area (TPSA) is 38.9 Å². The van der Waals surface area contributed by atoms with Gasteiger partial charge in [0.05, 0.1) is 0 Å². The van der Waals surface area contributed by atoms with Crippen LogP contribution in [0, 0.1) is 0 Å². The van der Waals surface area contributed by atoms with E-state index in [-0.39, 0.29) is 6.04 Å². The van der Waals surface area contributed by atoms with E-state index in [0.29, 0.717) is 0 Å². The fourth-order valence-corrected chi connectivity index (χ4v) is 1.40. The zero-order valence-corrected chi connectivity index (χ0v) is 8.01. The highest BCUT2D eigenvalue weighted by Crippen LogP contribution is 2.21. The minimum absolute atomic E-state index is 0.0954. The predicted octanol–water partition coefficient (Wildman–Crippen LogP) is 2.25. The van der Waals surface area contributed by atoms with Gasteiger partial charge in [0.15, 0.2) is 0 Å². The van der Waals surface area contributed by atoms with Crippen LogP contribution >= 0.6 is 15.9 Å². The van der Waals surface area contributed by atoms with Crippen molar-refractivity contribution >= 4 is 15.9 Å². The lowest BCUT2D eigenvalue weighted by atomic mass is 10.1. The van der Waals surface area contributed by atoms with Gasteiger partial charge in [-0.05, 0) is 12.5 Å². The summed E-state index contributed by atoms with van der Waals surface area (Å²) in [6.45, 7) is 2.06. The monoisotopic (exact) mass is 214 g/mol. The van der Waals surface area contributed by atoms with Crippen LogP contribution in [0.2, 0.25) is 0 Å². The van der Waals surface area contributed by atoms with E-state index in [4.69, 9.17) is 5.73 Å². The number of rotatable bonds is 2. The number of halogens is 1. The van der Waals surface area contributed by atoms with Crippen molar-refractivity contribution in [1.29, 1.82) is 0 Å². The number of pyridine rings is 1. The van der Waals surface area contributed by atoms with Crippen molar-refractivity contribution in [3.05, 3.63) is 28.5 Å². The Morgan fingerprint density at radius 1 is 1.73 bits per heavy atom. The molecule has 11 heavy (non-hydrogen) atoms. The van der Waals surface area contributed by atoms with Crippen molar-refractivity contribution in [3.8, 4) is 0 Å². The quantitative estimate of drug-likeness (QED) is 0.821. The van der Waals surface area contributed by atoms with Crippen LogP contribution < -0.4 is 5.73 Å². The zero-order valence-electron chi connectivity index (χ0n) is 6.42. The smallest absolute Gasteiger partial charge is 0.0326 e. The Balaban J connectivity index is 2.93. The lowest BCUT2D eigenvalue weighted by Gasteiger charge is -2.09. The molecule has 2 nitrogen and oxygen atoms in total. The second kappa shape index (κ2) is 3.83. The number of hydrogen-bond acceptors (Lipinski definition) is 2. The molecular formula is C8H11BrN2. The maximum atomic E-state index is 5.83. The summed E-state index contributed by atoms with van der Waals surface area (Å²) in [5.74, 6) is 0. The van der Waals surface area contributed by atoms with Crippen LogP contribution in [0.4, 0.5) is 0 Å². The highest BCUT2D eigenvalue weighted by atomic mass is 79.9. The van der Waals surface area contributed by atoms with Crippen molar-refractivity contribution < 1.29 is 0 Å². The van der Waals surface area contributed by atoms with Gasteiger partial charge in [0.25, 0.3) is 0 Å². The molecule has 0 unspecified atom stereocenters. The van der Waals surface area contributed by atoms with Crippen molar-refractivity contribution in [3.63, 3.8) is 0 Å². The van der Waals surface area contributed by atoms with Crippen LogP contribution in [0.5, 0.6) is 0 Å². The van der Waals surface area contributed by atoms with Gasteiger partial charge in [-0.1, -0.05) is 22.9 Å². The molecule has 1 aromatic rings. The average molecular weight is 215 g/mol. The second-order valence-electron chi connectivity index (χ2n) is 2.41. The normalized spacial score (nSPS) is 13.0. The van der Waals surface area contributed by atoms with Gasteiger partial charge < -0.3 is 5.73 Å². The largest absolute Gasteiger partial charge is 0.324 e. The van der Waals surface area contributed by atoms with E-state index < -0.39 is 0 Å². The SMILES string of the molecule is CC[C@H](N)c1cnccc1Br. The lowest BCUT2D eigenvalue weighted by Crippen LogP contribution is -2.09. The molecule has 60 valence electrons. The molecule has 0 spiro atoms. The summed E-state index contributed by atoms with van der Waals surface area (Å²) in [5, 5.41) is 0. The Labute approximate surface area is 75.0 Å². The number of aromatic nitrogens is 1. The Morgan fingerprint density at radius 3 is 3.00 bits per heavy atom. The third-order valence-electron chi connectivity index (χ3n) is 1.64. The zero-order chi connectivity index (χ0) is 8.27. The summed E-state index contributed by atoms with van der Waals surface area (Å²) in [7, 11) is 0. The van der Waals surface area contributed by atoms with Crippen molar-refractivity contribution in [2.45, 2.75) is 19.4 Å². The first-order valence-electron chi connectivity index (χ1n) is 3.60. The van der Waals surface area contributed by atoms with Gasteiger partial charge in [-0.25, -0.2) is 0 Å². The Kier molecular flexibility index (Phi) is 3.02. The third kappa shape index (κ3) is 2.01. The minimum Gasteiger partial charge on any atom is -0.324 e. The van der Waals surface area contributed by atoms with Crippen LogP contribution in [-0.4, -0.2) is 4.98 Å². The van der Waals surface area contributed by atoms with E-state index in [1.54, 1.807) is 12.4 Å². The number of nitrogens with zero attached hydrogens (tertiary/aromatic N) is 1. The van der Waals surface area contributed by atoms with Crippen molar-refractivity contribution in [2.75, 3.05) is 0 Å². The van der Waals surface area contributed by atoms with E-state index in [2.05, 4.69) is 27.8 Å². The van der Waals surface area contributed by atoms with E-state index in [0.717, 1.165) is 16.5 Å². The maximum absolute atomic E-state index is 5.83. The predicted molar refractivity (Wildman–Crippen MR) is 49.2 cm³/mol. The summed E-state index contributed by atoms with van der Waals surface area (Å²) < 4.78 is 1.04. The lowest BCUT2D eigenvalue weighted by molar-refractivity contribution is 0.692. The summed E-state index contributed by atoms with van der Waals surface area (Å²) in [4.78, 5) is 4.00. The van der Waals surface area contributed by atoms with Gasteiger partial charge in [0.1, 0.15) is 0 Å². The van der Waals surface area contributed by atoms with Gasteiger partial charge in [-0.15, -0.1) is 0 Å². The molecule has 0 aliphatic carbocycles. The van der Waals surface area contributed by atoms with Crippen LogP contribution in [0.25, 0.3) is 0 Å². The fraction of sp³-hybridized carbons (Fsp3) is 0.375. The first-order valence-corrected chi connectivity index (χ1v) is 4.40. The maximum Gasteiger partial charge on any atom is 0.0326 e. The Bertz CT molecular complexity index is 237. The molecule has 1 atom stereocenters. The molecule has 0 aromatic carbocycles. The third-order valence-corrected chi connectivity index (χ3v) is 2.36. The molecular weight excluding hydrogens is 204 g/mol. The molecule has 0 fully saturated rings. The second-order valence-corrected chi connectivity index (χ2v) is 3.27. The standard InChI is InChI=1S/C8H11BrN2/c1-2-8(10)6-5-11-4-3-7(6)9/h3-5,8H,2,10H2,1H3/t8-/m0/s1. The van der Waals surface area contributed by atoms with Gasteiger partial charge in [0, 0.05) is 28.5 Å². The van der Waals surface area contributed by atoms with Crippen LogP contribution in [0.1, 0.15) is 24.9 Å². The molecule has 1 aromatic heterocycles. The number of hydrogen-bond donors (Lipinski definition) is 1. The molecule has 2 N–H and O–H groups in total. The minimum atomic E-state index is 0.0954. The molecule has 0 aliphatic heterocycles. The fourth-order valence-electron chi connectivity index (χ4n) is 0.882. The van der Waals surface area contributed by atoms with E-state index in [9.17, 15) is 0 Å². The molecule has 1 rings (SSSR count). The average Bonchev–Trinajstić information content (AvgIpc) is 2.04. The molecule has 0 bridgehead atoms. The summed E-state index contributed by atoms with van der Waals surface area (Å²) >= 11 is 3.42. The van der Waals surface area contributed by atoms with Gasteiger partial charge in [-0.2, -0.15) is 0 Å². The molecule has 0 radical (unpaired) electrons. The summed E-state index contributed by atoms with van der Waals surface area (Å²) in [6.07, 6.45) is 4.48. The van der Waals surface area contributed by atoms with Crippen LogP contribution in [0.15, 0.2) is 22.9 Å². The summed E-state index contributed by atoms with van der Waals surface area (Å²) in [6, 6.07) is 2.00. The van der Waals surface area contributed by atoms with Crippen molar-refractivity contribution in [1.82, 2.24) is 4.98 Å². The number of nitrogens with two attached hydrogens (primary N) is 1. The molecule has 0 saturated heterocycles. The van der Waals surface area contributed by atoms with E-state index >= 15 is 0 Å². The molecule has 0 aliphatic rings. The van der Waals surface area contributed by atoms with Gasteiger partial charge >= 0.3 is 0 Å². The Hall–Kier alpha value is -0.410. The van der Waals surface area contributed by atoms with E-state index in [1.165, 1.54) is 0 Å². The van der Waals surface area contributed by atoms with Gasteiger partial charge in [0.2, 0.25) is 0 Å². The first kappa shape index (κ1) is 8.68. The highest BCUT2D eigenvalue weighted by molar-refractivity contribution is 9.10. The first-order chi connectivity index (χ1) is 5.25. The highest BCUT2D eigenvalue weighted by Gasteiger charge is 2.06. The van der Waals surface area contributed by atoms with E-state index in [1.807, 2.05) is 6.07 Å². The molecule has 1 heterocycles. The van der Waals surface area contributed by atoms with Crippen LogP contribution in [-0.2, 0) is 0 Å². The summed E-state index contributed by atoms with van der Waals surface area (Å²) in [5.41, 5.74) is 6.90. The van der Waals surface area contributed by atoms with Gasteiger partial charge in [-0.3, -0.25) is 4.98 Å². The molecule has 0 saturated carbocycles. The Morgan fingerprint density at radius 2 is 2.45 bits per heavy atom. The van der Waals surface area contributed by atoms with Crippen molar-refractivity contribution in [2.24, 2.45) is 5.73 Å². The molecule has 0 amide bonds. The molecule has 3 heteroatoms. The van der Waals surface area contributed by atoms with Crippen LogP contribution in [0.3, 0.4) is 0 Å².